The number of fused-ring (bicyclic) bond motifs is 3. The van der Waals surface area contributed by atoms with Crippen LogP contribution in [-0.2, 0) is 18.4 Å². The number of nitrogens with two attached hydrogens (primary N) is 1. The molecule has 2 atom stereocenters. The van der Waals surface area contributed by atoms with Gasteiger partial charge in [0.1, 0.15) is 0 Å². The van der Waals surface area contributed by atoms with E-state index in [9.17, 15) is 0 Å². The number of hydrogen-bond donors (Lipinski definition) is 2. The summed E-state index contributed by atoms with van der Waals surface area (Å²) in [6, 6.07) is 8.69. The number of benzene rings is 1. The summed E-state index contributed by atoms with van der Waals surface area (Å²) in [7, 11) is 0. The molecule has 0 spiro atoms. The van der Waals surface area contributed by atoms with Crippen molar-refractivity contribution in [2.45, 2.75) is 31.2 Å². The highest BCUT2D eigenvalue weighted by molar-refractivity contribution is 5.33. The predicted octanol–water partition coefficient (Wildman–Crippen LogP) is 1.18. The van der Waals surface area contributed by atoms with Crippen molar-refractivity contribution in [3.63, 3.8) is 0 Å². The Morgan fingerprint density at radius 3 is 2.26 bits per heavy atom. The fourth-order valence-corrected chi connectivity index (χ4v) is 3.95. The lowest BCUT2D eigenvalue weighted by atomic mass is 9.79. The van der Waals surface area contributed by atoms with Crippen LogP contribution in [0.2, 0.25) is 0 Å². The lowest BCUT2D eigenvalue weighted by molar-refractivity contribution is 0.240. The molecule has 0 radical (unpaired) electrons. The van der Waals surface area contributed by atoms with Gasteiger partial charge in [-0.1, -0.05) is 29.5 Å². The van der Waals surface area contributed by atoms with Crippen LogP contribution in [0.15, 0.2) is 24.3 Å². The smallest absolute Gasteiger partial charge is 0.194 e. The summed E-state index contributed by atoms with van der Waals surface area (Å²) < 4.78 is 0. The van der Waals surface area contributed by atoms with Crippen LogP contribution in [0.25, 0.3) is 0 Å². The summed E-state index contributed by atoms with van der Waals surface area (Å²) in [4.78, 5) is 0. The van der Waals surface area contributed by atoms with Crippen LogP contribution in [-0.4, -0.2) is 20.6 Å². The van der Waals surface area contributed by atoms with Gasteiger partial charge < -0.3 is 5.73 Å². The van der Waals surface area contributed by atoms with E-state index in [4.69, 9.17) is 5.73 Å². The summed E-state index contributed by atoms with van der Waals surface area (Å²) in [6.07, 6.45) is 4.36. The molecule has 2 aliphatic rings. The summed E-state index contributed by atoms with van der Waals surface area (Å²) in [5.41, 5.74) is 9.22. The van der Waals surface area contributed by atoms with E-state index in [-0.39, 0.29) is 0 Å². The van der Waals surface area contributed by atoms with Gasteiger partial charge in [-0.05, 0) is 48.6 Å². The number of tetrazole rings is 1. The third-order valence-corrected chi connectivity index (χ3v) is 5.00. The number of H-pyrrole nitrogens is 1. The molecule has 0 saturated heterocycles. The molecule has 1 fully saturated rings. The Labute approximate surface area is 111 Å². The maximum atomic E-state index is 6.77. The standard InChI is InChI=1S/C14H17N5/c15-14(13-16-18-19-17-13)11-5-6-12(14)8-10-4-2-1-3-9(10)7-11/h1-4,11-12H,5-8,15H2,(H,16,17,18,19). The number of rotatable bonds is 1. The van der Waals surface area contributed by atoms with Crippen LogP contribution >= 0.6 is 0 Å². The molecule has 3 N–H and O–H groups in total. The average molecular weight is 255 g/mol. The zero-order valence-electron chi connectivity index (χ0n) is 10.7. The van der Waals surface area contributed by atoms with Gasteiger partial charge in [0.2, 0.25) is 0 Å². The second kappa shape index (κ2) is 3.87. The minimum absolute atomic E-state index is 0.416. The maximum Gasteiger partial charge on any atom is 0.194 e. The SMILES string of the molecule is NC1(c2nn[nH]n2)C2CCC1Cc1ccccc1C2. The van der Waals surface area contributed by atoms with E-state index in [1.165, 1.54) is 11.1 Å². The molecule has 0 amide bonds. The molecule has 5 heteroatoms. The molecule has 98 valence electrons. The lowest BCUT2D eigenvalue weighted by Gasteiger charge is -2.31. The minimum atomic E-state index is -0.425. The van der Waals surface area contributed by atoms with Crippen molar-refractivity contribution in [1.29, 1.82) is 0 Å². The van der Waals surface area contributed by atoms with Gasteiger partial charge in [-0.2, -0.15) is 5.21 Å². The number of hydrogen-bond acceptors (Lipinski definition) is 4. The van der Waals surface area contributed by atoms with Crippen molar-refractivity contribution < 1.29 is 0 Å². The number of aromatic nitrogens is 4. The highest BCUT2D eigenvalue weighted by atomic mass is 15.5. The zero-order valence-corrected chi connectivity index (χ0v) is 10.7. The first kappa shape index (κ1) is 11.1. The van der Waals surface area contributed by atoms with Crippen molar-refractivity contribution in [3.8, 4) is 0 Å². The number of nitrogens with zero attached hydrogens (tertiary/aromatic N) is 3. The van der Waals surface area contributed by atoms with Crippen molar-refractivity contribution >= 4 is 0 Å². The van der Waals surface area contributed by atoms with Crippen LogP contribution in [0, 0.1) is 11.8 Å². The van der Waals surface area contributed by atoms with Crippen LogP contribution in [0.4, 0.5) is 0 Å². The summed E-state index contributed by atoms with van der Waals surface area (Å²) in [6.45, 7) is 0. The highest BCUT2D eigenvalue weighted by Gasteiger charge is 2.52. The molecule has 1 aromatic carbocycles. The van der Waals surface area contributed by atoms with Gasteiger partial charge in [0.25, 0.3) is 0 Å². The van der Waals surface area contributed by atoms with Gasteiger partial charge in [0.15, 0.2) is 5.82 Å². The van der Waals surface area contributed by atoms with Gasteiger partial charge in [0, 0.05) is 0 Å². The van der Waals surface area contributed by atoms with Crippen LogP contribution in [0.1, 0.15) is 29.8 Å². The Balaban J connectivity index is 1.82. The molecule has 2 aromatic rings. The van der Waals surface area contributed by atoms with Crippen LogP contribution < -0.4 is 5.73 Å². The average Bonchev–Trinajstić information content (AvgIpc) is 2.99. The Kier molecular flexibility index (Phi) is 2.26. The highest BCUT2D eigenvalue weighted by Crippen LogP contribution is 2.49. The Hall–Kier alpha value is -1.75. The van der Waals surface area contributed by atoms with Gasteiger partial charge in [0.05, 0.1) is 5.54 Å². The van der Waals surface area contributed by atoms with Gasteiger partial charge in [-0.25, -0.2) is 0 Å². The molecule has 1 saturated carbocycles. The van der Waals surface area contributed by atoms with E-state index < -0.39 is 5.54 Å². The maximum absolute atomic E-state index is 6.77. The third kappa shape index (κ3) is 1.48. The topological polar surface area (TPSA) is 80.5 Å². The molecule has 2 unspecified atom stereocenters. The minimum Gasteiger partial charge on any atom is -0.318 e. The monoisotopic (exact) mass is 255 g/mol. The Morgan fingerprint density at radius 2 is 1.74 bits per heavy atom. The fraction of sp³-hybridized carbons (Fsp3) is 0.500. The van der Waals surface area contributed by atoms with E-state index in [0.717, 1.165) is 25.7 Å². The molecule has 4 rings (SSSR count). The molecule has 1 heterocycles. The quantitative estimate of drug-likeness (QED) is 0.801. The largest absolute Gasteiger partial charge is 0.318 e. The van der Waals surface area contributed by atoms with E-state index in [1.54, 1.807) is 0 Å². The Morgan fingerprint density at radius 1 is 1.11 bits per heavy atom. The summed E-state index contributed by atoms with van der Waals surface area (Å²) >= 11 is 0. The van der Waals surface area contributed by atoms with Gasteiger partial charge >= 0.3 is 0 Å². The summed E-state index contributed by atoms with van der Waals surface area (Å²) in [5.74, 6) is 1.52. The Bertz CT molecular complexity index is 559. The molecular formula is C14H17N5. The second-order valence-corrected chi connectivity index (χ2v) is 5.82. The number of nitrogens with one attached hydrogen (secondary N) is 1. The van der Waals surface area contributed by atoms with E-state index >= 15 is 0 Å². The molecule has 1 aromatic heterocycles. The zero-order chi connectivity index (χ0) is 12.9. The number of aromatic amines is 1. The molecule has 19 heavy (non-hydrogen) atoms. The van der Waals surface area contributed by atoms with E-state index in [0.29, 0.717) is 17.7 Å². The summed E-state index contributed by atoms with van der Waals surface area (Å²) in [5, 5.41) is 14.6. The molecule has 0 aliphatic heterocycles. The molecule has 2 aliphatic carbocycles. The van der Waals surface area contributed by atoms with Crippen LogP contribution in [0.3, 0.4) is 0 Å². The first-order chi connectivity index (χ1) is 9.28. The normalized spacial score (nSPS) is 32.9. The van der Waals surface area contributed by atoms with Gasteiger partial charge in [-0.15, -0.1) is 10.2 Å². The predicted molar refractivity (Wildman–Crippen MR) is 70.1 cm³/mol. The molecular weight excluding hydrogens is 238 g/mol. The first-order valence-electron chi connectivity index (χ1n) is 6.88. The lowest BCUT2D eigenvalue weighted by Crippen LogP contribution is -2.47. The molecule has 2 bridgehead atoms. The van der Waals surface area contributed by atoms with Crippen molar-refractivity contribution in [2.24, 2.45) is 17.6 Å². The van der Waals surface area contributed by atoms with Crippen LogP contribution in [0.5, 0.6) is 0 Å². The van der Waals surface area contributed by atoms with Gasteiger partial charge in [-0.3, -0.25) is 0 Å². The fourth-order valence-electron chi connectivity index (χ4n) is 3.95. The van der Waals surface area contributed by atoms with Crippen molar-refractivity contribution in [3.05, 3.63) is 41.2 Å². The first-order valence-corrected chi connectivity index (χ1v) is 6.88. The van der Waals surface area contributed by atoms with E-state index in [2.05, 4.69) is 44.9 Å². The van der Waals surface area contributed by atoms with Crippen molar-refractivity contribution in [2.75, 3.05) is 0 Å². The molecule has 5 nitrogen and oxygen atoms in total. The van der Waals surface area contributed by atoms with Crippen molar-refractivity contribution in [1.82, 2.24) is 20.6 Å². The van der Waals surface area contributed by atoms with E-state index in [1.807, 2.05) is 0 Å². The third-order valence-electron chi connectivity index (χ3n) is 5.00. The second-order valence-electron chi connectivity index (χ2n) is 5.82.